The van der Waals surface area contributed by atoms with Crippen molar-refractivity contribution < 1.29 is 18.8 Å². The van der Waals surface area contributed by atoms with Crippen LogP contribution in [-0.2, 0) is 4.79 Å². The van der Waals surface area contributed by atoms with Gasteiger partial charge in [0.05, 0.1) is 4.92 Å². The second kappa shape index (κ2) is 7.29. The molecule has 1 aliphatic heterocycles. The van der Waals surface area contributed by atoms with Crippen molar-refractivity contribution in [3.05, 3.63) is 70.0 Å². The highest BCUT2D eigenvalue weighted by Gasteiger charge is 2.31. The average molecular weight is 344 g/mol. The standard InChI is InChI=1S/C18H17FN2O4/c19-14-8-9-15(21(23)24)16(12-14)25-17(13-6-2-1-3-7-13)18(22)20-10-4-5-11-20/h1-3,6-9,12,17H,4-5,10-11H2/t17-/m0/s1. The summed E-state index contributed by atoms with van der Waals surface area (Å²) in [6, 6.07) is 11.7. The third-order valence-electron chi connectivity index (χ3n) is 4.11. The van der Waals surface area contributed by atoms with Crippen molar-refractivity contribution in [3.63, 3.8) is 0 Å². The van der Waals surface area contributed by atoms with Gasteiger partial charge in [0.2, 0.25) is 11.9 Å². The van der Waals surface area contributed by atoms with E-state index < -0.39 is 16.8 Å². The average Bonchev–Trinajstić information content (AvgIpc) is 3.14. The van der Waals surface area contributed by atoms with Crippen molar-refractivity contribution in [2.45, 2.75) is 18.9 Å². The summed E-state index contributed by atoms with van der Waals surface area (Å²) in [5, 5.41) is 11.2. The van der Waals surface area contributed by atoms with Crippen LogP contribution in [0, 0.1) is 15.9 Å². The Bertz CT molecular complexity index is 776. The molecule has 0 spiro atoms. The lowest BCUT2D eigenvalue weighted by atomic mass is 10.1. The van der Waals surface area contributed by atoms with E-state index in [0.717, 1.165) is 31.0 Å². The van der Waals surface area contributed by atoms with Crippen molar-refractivity contribution in [1.82, 2.24) is 4.90 Å². The number of rotatable bonds is 5. The van der Waals surface area contributed by atoms with Crippen LogP contribution in [0.5, 0.6) is 5.75 Å². The number of carbonyl (C=O) groups is 1. The van der Waals surface area contributed by atoms with Crippen molar-refractivity contribution in [2.24, 2.45) is 0 Å². The summed E-state index contributed by atoms with van der Waals surface area (Å²) in [7, 11) is 0. The summed E-state index contributed by atoms with van der Waals surface area (Å²) in [6.07, 6.45) is 0.764. The van der Waals surface area contributed by atoms with E-state index in [2.05, 4.69) is 0 Å². The lowest BCUT2D eigenvalue weighted by molar-refractivity contribution is -0.386. The number of nitrogens with zero attached hydrogens (tertiary/aromatic N) is 2. The van der Waals surface area contributed by atoms with Crippen LogP contribution >= 0.6 is 0 Å². The highest BCUT2D eigenvalue weighted by molar-refractivity contribution is 5.83. The van der Waals surface area contributed by atoms with Crippen LogP contribution in [0.1, 0.15) is 24.5 Å². The van der Waals surface area contributed by atoms with Gasteiger partial charge in [0.1, 0.15) is 5.82 Å². The third-order valence-corrected chi connectivity index (χ3v) is 4.11. The van der Waals surface area contributed by atoms with Gasteiger partial charge in [0, 0.05) is 30.8 Å². The first-order valence-corrected chi connectivity index (χ1v) is 8.00. The normalized spacial score (nSPS) is 15.0. The van der Waals surface area contributed by atoms with E-state index in [1.807, 2.05) is 0 Å². The molecule has 1 heterocycles. The molecule has 0 saturated carbocycles. The topological polar surface area (TPSA) is 72.7 Å². The zero-order chi connectivity index (χ0) is 17.8. The molecule has 0 radical (unpaired) electrons. The van der Waals surface area contributed by atoms with E-state index in [-0.39, 0.29) is 17.3 Å². The molecular formula is C18H17FN2O4. The van der Waals surface area contributed by atoms with Gasteiger partial charge in [0.25, 0.3) is 5.91 Å². The number of ether oxygens (including phenoxy) is 1. The number of amides is 1. The summed E-state index contributed by atoms with van der Waals surface area (Å²) in [5.41, 5.74) is 0.189. The zero-order valence-electron chi connectivity index (χ0n) is 13.4. The second-order valence-corrected chi connectivity index (χ2v) is 5.81. The maximum Gasteiger partial charge on any atom is 0.311 e. The van der Waals surface area contributed by atoms with Crippen LogP contribution in [0.3, 0.4) is 0 Å². The number of nitro groups is 1. The van der Waals surface area contributed by atoms with E-state index in [0.29, 0.717) is 18.7 Å². The Morgan fingerprint density at radius 1 is 1.16 bits per heavy atom. The SMILES string of the molecule is O=C([C@@H](Oc1cc(F)ccc1[N+](=O)[O-])c1ccccc1)N1CCCC1. The fourth-order valence-corrected chi connectivity index (χ4v) is 2.85. The van der Waals surface area contributed by atoms with E-state index in [1.54, 1.807) is 35.2 Å². The smallest absolute Gasteiger partial charge is 0.311 e. The molecule has 25 heavy (non-hydrogen) atoms. The Balaban J connectivity index is 1.97. The Morgan fingerprint density at radius 2 is 1.84 bits per heavy atom. The van der Waals surface area contributed by atoms with Crippen molar-refractivity contribution >= 4 is 11.6 Å². The molecule has 0 aromatic heterocycles. The van der Waals surface area contributed by atoms with E-state index in [1.165, 1.54) is 0 Å². The number of carbonyl (C=O) groups excluding carboxylic acids is 1. The predicted octanol–water partition coefficient (Wildman–Crippen LogP) is 3.48. The van der Waals surface area contributed by atoms with Gasteiger partial charge in [-0.3, -0.25) is 14.9 Å². The highest BCUT2D eigenvalue weighted by Crippen LogP contribution is 2.33. The Hall–Kier alpha value is -2.96. The number of nitro benzene ring substituents is 1. The van der Waals surface area contributed by atoms with Crippen LogP contribution in [0.25, 0.3) is 0 Å². The van der Waals surface area contributed by atoms with Crippen molar-refractivity contribution in [3.8, 4) is 5.75 Å². The van der Waals surface area contributed by atoms with Crippen LogP contribution < -0.4 is 4.74 Å². The molecule has 1 saturated heterocycles. The maximum atomic E-state index is 13.6. The highest BCUT2D eigenvalue weighted by atomic mass is 19.1. The summed E-state index contributed by atoms with van der Waals surface area (Å²) < 4.78 is 19.2. The molecule has 1 fully saturated rings. The molecule has 6 nitrogen and oxygen atoms in total. The quantitative estimate of drug-likeness (QED) is 0.615. The molecule has 2 aromatic carbocycles. The molecule has 130 valence electrons. The second-order valence-electron chi connectivity index (χ2n) is 5.81. The molecule has 0 aliphatic carbocycles. The van der Waals surface area contributed by atoms with Gasteiger partial charge in [-0.2, -0.15) is 0 Å². The van der Waals surface area contributed by atoms with E-state index in [4.69, 9.17) is 4.74 Å². The minimum Gasteiger partial charge on any atom is -0.468 e. The van der Waals surface area contributed by atoms with Gasteiger partial charge in [0.15, 0.2) is 0 Å². The minimum atomic E-state index is -1.06. The first kappa shape index (κ1) is 16.9. The molecule has 1 amide bonds. The largest absolute Gasteiger partial charge is 0.468 e. The van der Waals surface area contributed by atoms with Crippen LogP contribution in [0.15, 0.2) is 48.5 Å². The van der Waals surface area contributed by atoms with Gasteiger partial charge < -0.3 is 9.64 Å². The molecule has 0 N–H and O–H groups in total. The summed E-state index contributed by atoms with van der Waals surface area (Å²) in [6.45, 7) is 1.24. The first-order valence-electron chi connectivity index (χ1n) is 8.00. The Labute approximate surface area is 144 Å². The van der Waals surface area contributed by atoms with E-state index >= 15 is 0 Å². The molecular weight excluding hydrogens is 327 g/mol. The maximum absolute atomic E-state index is 13.6. The summed E-state index contributed by atoms with van der Waals surface area (Å²) in [5.74, 6) is -1.20. The van der Waals surface area contributed by atoms with Gasteiger partial charge in [-0.15, -0.1) is 0 Å². The first-order chi connectivity index (χ1) is 12.1. The van der Waals surface area contributed by atoms with Crippen molar-refractivity contribution in [1.29, 1.82) is 0 Å². The number of halogens is 1. The van der Waals surface area contributed by atoms with Crippen LogP contribution in [-0.4, -0.2) is 28.8 Å². The minimum absolute atomic E-state index is 0.258. The fourth-order valence-electron chi connectivity index (χ4n) is 2.85. The number of benzene rings is 2. The number of hydrogen-bond donors (Lipinski definition) is 0. The lowest BCUT2D eigenvalue weighted by Crippen LogP contribution is -2.35. The zero-order valence-corrected chi connectivity index (χ0v) is 13.4. The Morgan fingerprint density at radius 3 is 2.48 bits per heavy atom. The predicted molar refractivity (Wildman–Crippen MR) is 88.7 cm³/mol. The van der Waals surface area contributed by atoms with Crippen molar-refractivity contribution in [2.75, 3.05) is 13.1 Å². The summed E-state index contributed by atoms with van der Waals surface area (Å²) in [4.78, 5) is 25.1. The number of hydrogen-bond acceptors (Lipinski definition) is 4. The third kappa shape index (κ3) is 3.76. The lowest BCUT2D eigenvalue weighted by Gasteiger charge is -2.24. The monoisotopic (exact) mass is 344 g/mol. The van der Waals surface area contributed by atoms with Crippen LogP contribution in [0.2, 0.25) is 0 Å². The molecule has 1 aliphatic rings. The molecule has 2 aromatic rings. The van der Waals surface area contributed by atoms with Gasteiger partial charge in [-0.05, 0) is 18.9 Å². The molecule has 3 rings (SSSR count). The summed E-state index contributed by atoms with van der Waals surface area (Å²) >= 11 is 0. The fraction of sp³-hybridized carbons (Fsp3) is 0.278. The molecule has 0 unspecified atom stereocenters. The van der Waals surface area contributed by atoms with E-state index in [9.17, 15) is 19.3 Å². The molecule has 1 atom stereocenters. The van der Waals surface area contributed by atoms with Gasteiger partial charge in [-0.1, -0.05) is 30.3 Å². The van der Waals surface area contributed by atoms with Gasteiger partial charge in [-0.25, -0.2) is 4.39 Å². The van der Waals surface area contributed by atoms with Gasteiger partial charge >= 0.3 is 5.69 Å². The van der Waals surface area contributed by atoms with Crippen LogP contribution in [0.4, 0.5) is 10.1 Å². The number of likely N-dealkylation sites (tertiary alicyclic amines) is 1. The molecule has 7 heteroatoms. The Kier molecular flexibility index (Phi) is 4.92. The molecule has 0 bridgehead atoms.